The Morgan fingerprint density at radius 1 is 1.85 bits per heavy atom. The second-order valence-electron chi connectivity index (χ2n) is 2.95. The minimum atomic E-state index is -0.969. The number of aliphatic carboxylic acids is 1. The minimum absolute atomic E-state index is 0.399. The number of hydrogen-bond acceptors (Lipinski definition) is 3. The van der Waals surface area contributed by atoms with E-state index in [-0.39, 0.29) is 0 Å². The van der Waals surface area contributed by atoms with Crippen LogP contribution in [-0.4, -0.2) is 26.9 Å². The fourth-order valence-corrected chi connectivity index (χ4v) is 0.983. The molecule has 0 saturated heterocycles. The van der Waals surface area contributed by atoms with Gasteiger partial charge in [0.1, 0.15) is 6.04 Å². The van der Waals surface area contributed by atoms with Gasteiger partial charge in [-0.2, -0.15) is 5.10 Å². The van der Waals surface area contributed by atoms with Crippen molar-refractivity contribution in [2.45, 2.75) is 25.9 Å². The maximum absolute atomic E-state index is 10.4. The fourth-order valence-electron chi connectivity index (χ4n) is 0.983. The summed E-state index contributed by atoms with van der Waals surface area (Å²) in [4.78, 5) is 10.4. The summed E-state index contributed by atoms with van der Waals surface area (Å²) in [6, 6.07) is 1.07. The third-order valence-corrected chi connectivity index (χ3v) is 1.76. The zero-order valence-corrected chi connectivity index (χ0v) is 7.47. The van der Waals surface area contributed by atoms with E-state index in [1.54, 1.807) is 4.68 Å². The molecule has 0 spiro atoms. The summed E-state index contributed by atoms with van der Waals surface area (Å²) in [6.07, 6.45) is 2.21. The zero-order valence-electron chi connectivity index (χ0n) is 7.47. The molecule has 13 heavy (non-hydrogen) atoms. The molecule has 5 heteroatoms. The van der Waals surface area contributed by atoms with Gasteiger partial charge in [-0.3, -0.25) is 9.48 Å². The van der Waals surface area contributed by atoms with Gasteiger partial charge in [0.05, 0.1) is 5.69 Å². The van der Waals surface area contributed by atoms with Gasteiger partial charge in [-0.05, 0) is 19.4 Å². The van der Waals surface area contributed by atoms with E-state index in [1.165, 1.54) is 0 Å². The first kappa shape index (κ1) is 9.73. The van der Waals surface area contributed by atoms with Gasteiger partial charge in [0.2, 0.25) is 0 Å². The Morgan fingerprint density at radius 2 is 2.54 bits per heavy atom. The van der Waals surface area contributed by atoms with Crippen molar-refractivity contribution < 1.29 is 9.90 Å². The van der Waals surface area contributed by atoms with Gasteiger partial charge < -0.3 is 10.8 Å². The SMILES string of the molecule is Cc1ccn(CCC(N)C(=O)O)n1. The average molecular weight is 183 g/mol. The van der Waals surface area contributed by atoms with Crippen LogP contribution in [0.2, 0.25) is 0 Å². The van der Waals surface area contributed by atoms with Crippen LogP contribution in [0.3, 0.4) is 0 Å². The van der Waals surface area contributed by atoms with E-state index in [9.17, 15) is 4.79 Å². The van der Waals surface area contributed by atoms with Crippen molar-refractivity contribution in [1.82, 2.24) is 9.78 Å². The molecule has 0 amide bonds. The van der Waals surface area contributed by atoms with Crippen LogP contribution >= 0.6 is 0 Å². The van der Waals surface area contributed by atoms with Crippen molar-refractivity contribution in [3.63, 3.8) is 0 Å². The van der Waals surface area contributed by atoms with Gasteiger partial charge in [0.25, 0.3) is 0 Å². The molecule has 0 bridgehead atoms. The topological polar surface area (TPSA) is 81.1 Å². The Bertz CT molecular complexity index is 295. The molecular formula is C8H13N3O2. The first-order valence-electron chi connectivity index (χ1n) is 4.08. The molecule has 72 valence electrons. The number of carboxylic acid groups (broad SMARTS) is 1. The van der Waals surface area contributed by atoms with Crippen molar-refractivity contribution in [3.05, 3.63) is 18.0 Å². The first-order valence-corrected chi connectivity index (χ1v) is 4.08. The summed E-state index contributed by atoms with van der Waals surface area (Å²) >= 11 is 0. The van der Waals surface area contributed by atoms with Crippen LogP contribution in [0, 0.1) is 6.92 Å². The lowest BCUT2D eigenvalue weighted by molar-refractivity contribution is -0.138. The number of carbonyl (C=O) groups is 1. The van der Waals surface area contributed by atoms with E-state index in [0.717, 1.165) is 5.69 Å². The standard InChI is InChI=1S/C8H13N3O2/c1-6-2-4-11(10-6)5-3-7(9)8(12)13/h2,4,7H,3,5,9H2,1H3,(H,12,13). The molecule has 1 unspecified atom stereocenters. The van der Waals surface area contributed by atoms with E-state index >= 15 is 0 Å². The van der Waals surface area contributed by atoms with E-state index in [2.05, 4.69) is 5.10 Å². The van der Waals surface area contributed by atoms with Crippen LogP contribution in [0.5, 0.6) is 0 Å². The van der Waals surface area contributed by atoms with E-state index in [1.807, 2.05) is 19.2 Å². The van der Waals surface area contributed by atoms with Crippen LogP contribution in [0.1, 0.15) is 12.1 Å². The number of carboxylic acids is 1. The third-order valence-electron chi connectivity index (χ3n) is 1.76. The van der Waals surface area contributed by atoms with Crippen molar-refractivity contribution in [2.24, 2.45) is 5.73 Å². The molecule has 0 aromatic carbocycles. The number of nitrogens with zero attached hydrogens (tertiary/aromatic N) is 2. The summed E-state index contributed by atoms with van der Waals surface area (Å²) in [5, 5.41) is 12.6. The molecule has 0 aliphatic rings. The average Bonchev–Trinajstić information content (AvgIpc) is 2.47. The van der Waals surface area contributed by atoms with Crippen molar-refractivity contribution >= 4 is 5.97 Å². The lowest BCUT2D eigenvalue weighted by Crippen LogP contribution is -2.31. The Balaban J connectivity index is 2.39. The molecule has 0 saturated carbocycles. The largest absolute Gasteiger partial charge is 0.480 e. The number of hydrogen-bond donors (Lipinski definition) is 2. The van der Waals surface area contributed by atoms with Crippen LogP contribution < -0.4 is 5.73 Å². The summed E-state index contributed by atoms with van der Waals surface area (Å²) in [6.45, 7) is 2.43. The molecule has 1 aromatic heterocycles. The molecule has 1 rings (SSSR count). The number of rotatable bonds is 4. The minimum Gasteiger partial charge on any atom is -0.480 e. The maximum Gasteiger partial charge on any atom is 0.320 e. The normalized spacial score (nSPS) is 12.8. The van der Waals surface area contributed by atoms with Crippen LogP contribution in [0.25, 0.3) is 0 Å². The predicted molar refractivity (Wildman–Crippen MR) is 47.2 cm³/mol. The summed E-state index contributed by atoms with van der Waals surface area (Å²) in [5.41, 5.74) is 6.25. The number of aromatic nitrogens is 2. The molecule has 1 heterocycles. The van der Waals surface area contributed by atoms with Gasteiger partial charge in [-0.15, -0.1) is 0 Å². The quantitative estimate of drug-likeness (QED) is 0.688. The Morgan fingerprint density at radius 3 is 3.00 bits per heavy atom. The maximum atomic E-state index is 10.4. The molecule has 1 atom stereocenters. The Hall–Kier alpha value is -1.36. The molecule has 0 fully saturated rings. The number of aryl methyl sites for hydroxylation is 2. The van der Waals surface area contributed by atoms with Gasteiger partial charge in [-0.1, -0.05) is 0 Å². The predicted octanol–water partition coefficient (Wildman–Crippen LogP) is -0.00648. The highest BCUT2D eigenvalue weighted by Gasteiger charge is 2.10. The second-order valence-corrected chi connectivity index (χ2v) is 2.95. The molecule has 0 aliphatic heterocycles. The Labute approximate surface area is 76.2 Å². The number of nitrogens with two attached hydrogens (primary N) is 1. The third kappa shape index (κ3) is 2.87. The molecular weight excluding hydrogens is 170 g/mol. The van der Waals surface area contributed by atoms with E-state index < -0.39 is 12.0 Å². The summed E-state index contributed by atoms with van der Waals surface area (Å²) in [5.74, 6) is -0.969. The summed E-state index contributed by atoms with van der Waals surface area (Å²) in [7, 11) is 0. The highest BCUT2D eigenvalue weighted by atomic mass is 16.4. The lowest BCUT2D eigenvalue weighted by atomic mass is 10.2. The molecule has 0 radical (unpaired) electrons. The highest BCUT2D eigenvalue weighted by Crippen LogP contribution is 1.96. The van der Waals surface area contributed by atoms with Crippen LogP contribution in [0.15, 0.2) is 12.3 Å². The van der Waals surface area contributed by atoms with Gasteiger partial charge in [0, 0.05) is 12.7 Å². The monoisotopic (exact) mass is 183 g/mol. The van der Waals surface area contributed by atoms with Crippen molar-refractivity contribution in [3.8, 4) is 0 Å². The van der Waals surface area contributed by atoms with Gasteiger partial charge in [-0.25, -0.2) is 0 Å². The molecule has 5 nitrogen and oxygen atoms in total. The highest BCUT2D eigenvalue weighted by molar-refractivity contribution is 5.72. The molecule has 1 aromatic rings. The smallest absolute Gasteiger partial charge is 0.320 e. The zero-order chi connectivity index (χ0) is 9.84. The fraction of sp³-hybridized carbons (Fsp3) is 0.500. The molecule has 0 aliphatic carbocycles. The van der Waals surface area contributed by atoms with Gasteiger partial charge >= 0.3 is 5.97 Å². The van der Waals surface area contributed by atoms with E-state index in [0.29, 0.717) is 13.0 Å². The first-order chi connectivity index (χ1) is 6.09. The molecule has 3 N–H and O–H groups in total. The van der Waals surface area contributed by atoms with E-state index in [4.69, 9.17) is 10.8 Å². The summed E-state index contributed by atoms with van der Waals surface area (Å²) < 4.78 is 1.69. The van der Waals surface area contributed by atoms with Crippen molar-refractivity contribution in [2.75, 3.05) is 0 Å². The van der Waals surface area contributed by atoms with Gasteiger partial charge in [0.15, 0.2) is 0 Å². The second kappa shape index (κ2) is 4.04. The van der Waals surface area contributed by atoms with Crippen molar-refractivity contribution in [1.29, 1.82) is 0 Å². The van der Waals surface area contributed by atoms with Crippen LogP contribution in [-0.2, 0) is 11.3 Å². The Kier molecular flexibility index (Phi) is 3.02. The lowest BCUT2D eigenvalue weighted by Gasteiger charge is -2.05. The van der Waals surface area contributed by atoms with Crippen LogP contribution in [0.4, 0.5) is 0 Å².